The number of carbonyl (C=O) groups is 1. The minimum Gasteiger partial charge on any atom is -0.461 e. The molecule has 0 fully saturated rings. The molecule has 0 atom stereocenters. The van der Waals surface area contributed by atoms with Crippen molar-refractivity contribution in [2.75, 3.05) is 6.54 Å². The molecule has 1 aromatic rings. The molecule has 2 heterocycles. The summed E-state index contributed by atoms with van der Waals surface area (Å²) in [7, 11) is 0. The van der Waals surface area contributed by atoms with E-state index in [1.807, 2.05) is 0 Å². The molecule has 1 aromatic heterocycles. The summed E-state index contributed by atoms with van der Waals surface area (Å²) < 4.78 is 5.02. The molecule has 1 aliphatic heterocycles. The van der Waals surface area contributed by atoms with Crippen LogP contribution in [0.25, 0.3) is 0 Å². The minimum absolute atomic E-state index is 0.0867. The topological polar surface area (TPSA) is 54.6 Å². The van der Waals surface area contributed by atoms with E-state index < -0.39 is 0 Å². The van der Waals surface area contributed by atoms with Crippen LogP contribution in [-0.2, 0) is 4.79 Å². The van der Waals surface area contributed by atoms with Gasteiger partial charge in [0.15, 0.2) is 11.6 Å². The van der Waals surface area contributed by atoms with Crippen LogP contribution in [-0.4, -0.2) is 18.3 Å². The first-order valence-electron chi connectivity index (χ1n) is 3.24. The SMILES string of the molecule is O=C1CN=C(c2ccco2)N1. The molecular weight excluding hydrogens is 144 g/mol. The van der Waals surface area contributed by atoms with Crippen LogP contribution < -0.4 is 5.32 Å². The van der Waals surface area contributed by atoms with Crippen molar-refractivity contribution in [3.05, 3.63) is 24.2 Å². The second-order valence-corrected chi connectivity index (χ2v) is 2.19. The number of rotatable bonds is 1. The number of amidine groups is 1. The van der Waals surface area contributed by atoms with E-state index in [9.17, 15) is 4.79 Å². The molecule has 0 unspecified atom stereocenters. The van der Waals surface area contributed by atoms with Gasteiger partial charge in [0.05, 0.1) is 6.26 Å². The van der Waals surface area contributed by atoms with Gasteiger partial charge in [-0.1, -0.05) is 0 Å². The maximum atomic E-state index is 10.7. The largest absolute Gasteiger partial charge is 0.461 e. The summed E-state index contributed by atoms with van der Waals surface area (Å²) in [5.74, 6) is 1.05. The predicted octanol–water partition coefficient (Wildman–Crippen LogP) is 0.156. The highest BCUT2D eigenvalue weighted by Gasteiger charge is 2.16. The van der Waals surface area contributed by atoms with Crippen molar-refractivity contribution >= 4 is 11.7 Å². The Balaban J connectivity index is 2.26. The molecule has 0 radical (unpaired) electrons. The lowest BCUT2D eigenvalue weighted by molar-refractivity contribution is -0.117. The van der Waals surface area contributed by atoms with Crippen molar-refractivity contribution in [2.24, 2.45) is 4.99 Å². The van der Waals surface area contributed by atoms with E-state index in [4.69, 9.17) is 4.42 Å². The van der Waals surface area contributed by atoms with Gasteiger partial charge >= 0.3 is 0 Å². The zero-order valence-corrected chi connectivity index (χ0v) is 5.70. The highest BCUT2D eigenvalue weighted by atomic mass is 16.3. The Morgan fingerprint density at radius 3 is 3.09 bits per heavy atom. The Hall–Kier alpha value is -1.58. The summed E-state index contributed by atoms with van der Waals surface area (Å²) in [5.41, 5.74) is 0. The average Bonchev–Trinajstić information content (AvgIpc) is 2.55. The lowest BCUT2D eigenvalue weighted by Gasteiger charge is -1.93. The van der Waals surface area contributed by atoms with Crippen LogP contribution in [0.2, 0.25) is 0 Å². The van der Waals surface area contributed by atoms with Crippen molar-refractivity contribution in [3.63, 3.8) is 0 Å². The highest BCUT2D eigenvalue weighted by Crippen LogP contribution is 2.03. The van der Waals surface area contributed by atoms with E-state index in [-0.39, 0.29) is 12.5 Å². The lowest BCUT2D eigenvalue weighted by atomic mass is 10.4. The summed E-state index contributed by atoms with van der Waals surface area (Å²) in [6.07, 6.45) is 1.54. The van der Waals surface area contributed by atoms with Gasteiger partial charge in [0.1, 0.15) is 6.54 Å². The molecule has 0 aliphatic carbocycles. The van der Waals surface area contributed by atoms with Crippen LogP contribution in [0.5, 0.6) is 0 Å². The summed E-state index contributed by atoms with van der Waals surface area (Å²) in [4.78, 5) is 14.6. The van der Waals surface area contributed by atoms with Crippen LogP contribution >= 0.6 is 0 Å². The third-order valence-corrected chi connectivity index (χ3v) is 1.39. The number of furan rings is 1. The van der Waals surface area contributed by atoms with Crippen molar-refractivity contribution < 1.29 is 9.21 Å². The van der Waals surface area contributed by atoms with Gasteiger partial charge < -0.3 is 9.73 Å². The summed E-state index contributed by atoms with van der Waals surface area (Å²) in [6.45, 7) is 0.204. The predicted molar refractivity (Wildman–Crippen MR) is 38.3 cm³/mol. The van der Waals surface area contributed by atoms with Gasteiger partial charge in [0.25, 0.3) is 0 Å². The molecule has 0 saturated carbocycles. The van der Waals surface area contributed by atoms with Crippen LogP contribution in [0.15, 0.2) is 27.8 Å². The first-order valence-corrected chi connectivity index (χ1v) is 3.24. The fourth-order valence-corrected chi connectivity index (χ4v) is 0.915. The maximum Gasteiger partial charge on any atom is 0.247 e. The molecule has 0 saturated heterocycles. The molecule has 2 rings (SSSR count). The van der Waals surface area contributed by atoms with Crippen molar-refractivity contribution in [1.82, 2.24) is 5.32 Å². The van der Waals surface area contributed by atoms with Gasteiger partial charge in [-0.25, -0.2) is 0 Å². The van der Waals surface area contributed by atoms with Gasteiger partial charge in [-0.3, -0.25) is 9.79 Å². The molecule has 4 nitrogen and oxygen atoms in total. The number of hydrogen-bond acceptors (Lipinski definition) is 3. The van der Waals surface area contributed by atoms with E-state index in [1.54, 1.807) is 18.4 Å². The smallest absolute Gasteiger partial charge is 0.247 e. The number of amides is 1. The summed E-state index contributed by atoms with van der Waals surface area (Å²) >= 11 is 0. The van der Waals surface area contributed by atoms with Crippen LogP contribution in [0.3, 0.4) is 0 Å². The van der Waals surface area contributed by atoms with Crippen molar-refractivity contribution in [1.29, 1.82) is 0 Å². The number of nitrogens with one attached hydrogen (secondary N) is 1. The first kappa shape index (κ1) is 6.15. The maximum absolute atomic E-state index is 10.7. The zero-order valence-electron chi connectivity index (χ0n) is 5.70. The Morgan fingerprint density at radius 2 is 2.55 bits per heavy atom. The van der Waals surface area contributed by atoms with Gasteiger partial charge in [-0.05, 0) is 12.1 Å². The number of carbonyl (C=O) groups excluding carboxylic acids is 1. The Bertz CT molecular complexity index is 300. The van der Waals surface area contributed by atoms with Gasteiger partial charge in [-0.2, -0.15) is 0 Å². The fourth-order valence-electron chi connectivity index (χ4n) is 0.915. The monoisotopic (exact) mass is 150 g/mol. The molecule has 11 heavy (non-hydrogen) atoms. The third kappa shape index (κ3) is 1.02. The molecule has 1 aliphatic rings. The highest BCUT2D eigenvalue weighted by molar-refractivity contribution is 6.10. The van der Waals surface area contributed by atoms with E-state index in [2.05, 4.69) is 10.3 Å². The number of aliphatic imine (C=N–C) groups is 1. The first-order chi connectivity index (χ1) is 5.36. The minimum atomic E-state index is -0.0867. The fraction of sp³-hybridized carbons (Fsp3) is 0.143. The van der Waals surface area contributed by atoms with Gasteiger partial charge in [0.2, 0.25) is 5.91 Å². The van der Waals surface area contributed by atoms with E-state index in [0.717, 1.165) is 0 Å². The van der Waals surface area contributed by atoms with Crippen LogP contribution in [0, 0.1) is 0 Å². The average molecular weight is 150 g/mol. The van der Waals surface area contributed by atoms with Crippen molar-refractivity contribution in [3.8, 4) is 0 Å². The van der Waals surface area contributed by atoms with Crippen LogP contribution in [0.4, 0.5) is 0 Å². The Kier molecular flexibility index (Phi) is 1.25. The molecule has 0 spiro atoms. The summed E-state index contributed by atoms with van der Waals surface area (Å²) in [5, 5.41) is 2.57. The summed E-state index contributed by atoms with van der Waals surface area (Å²) in [6, 6.07) is 3.51. The van der Waals surface area contributed by atoms with Gasteiger partial charge in [-0.15, -0.1) is 0 Å². The lowest BCUT2D eigenvalue weighted by Crippen LogP contribution is -2.24. The van der Waals surface area contributed by atoms with Crippen LogP contribution in [0.1, 0.15) is 5.76 Å². The molecular formula is C7H6N2O2. The molecule has 56 valence electrons. The molecule has 0 aromatic carbocycles. The molecule has 0 bridgehead atoms. The Labute approximate surface area is 62.9 Å². The van der Waals surface area contributed by atoms with E-state index >= 15 is 0 Å². The van der Waals surface area contributed by atoms with Crippen molar-refractivity contribution in [2.45, 2.75) is 0 Å². The van der Waals surface area contributed by atoms with Gasteiger partial charge in [0, 0.05) is 0 Å². The second-order valence-electron chi connectivity index (χ2n) is 2.19. The number of hydrogen-bond donors (Lipinski definition) is 1. The van der Waals surface area contributed by atoms with E-state index in [1.165, 1.54) is 0 Å². The molecule has 1 amide bonds. The molecule has 1 N–H and O–H groups in total. The second kappa shape index (κ2) is 2.23. The number of nitrogens with zero attached hydrogens (tertiary/aromatic N) is 1. The molecule has 4 heteroatoms. The third-order valence-electron chi connectivity index (χ3n) is 1.39. The zero-order chi connectivity index (χ0) is 7.68. The standard InChI is InChI=1S/C7H6N2O2/c10-6-4-8-7(9-6)5-2-1-3-11-5/h1-3H,4H2,(H,8,9,10). The van der Waals surface area contributed by atoms with E-state index in [0.29, 0.717) is 11.6 Å². The normalized spacial score (nSPS) is 16.4. The quantitative estimate of drug-likeness (QED) is 0.619. The Morgan fingerprint density at radius 1 is 1.64 bits per heavy atom.